The third kappa shape index (κ3) is 4.52. The minimum absolute atomic E-state index is 0.0332. The molecule has 2 rings (SSSR count). The van der Waals surface area contributed by atoms with Crippen LogP contribution in [-0.2, 0) is 4.79 Å². The van der Waals surface area contributed by atoms with Crippen LogP contribution in [0.3, 0.4) is 0 Å². The first-order valence-corrected chi connectivity index (χ1v) is 6.63. The van der Waals surface area contributed by atoms with E-state index in [9.17, 15) is 9.18 Å². The molecule has 0 aliphatic carbocycles. The largest absolute Gasteiger partial charge is 0.491 e. The number of carbonyl (C=O) groups is 1. The van der Waals surface area contributed by atoms with Gasteiger partial charge in [-0.1, -0.05) is 12.1 Å². The van der Waals surface area contributed by atoms with E-state index in [-0.39, 0.29) is 23.5 Å². The highest BCUT2D eigenvalue weighted by Crippen LogP contribution is 2.15. The third-order valence-electron chi connectivity index (χ3n) is 3.07. The summed E-state index contributed by atoms with van der Waals surface area (Å²) in [5, 5.41) is 6.15. The molecule has 1 fully saturated rings. The fraction of sp³-hybridized carbons (Fsp3) is 0.500. The van der Waals surface area contributed by atoms with Gasteiger partial charge in [-0.15, -0.1) is 0 Å². The van der Waals surface area contributed by atoms with E-state index < -0.39 is 0 Å². The van der Waals surface area contributed by atoms with Crippen molar-refractivity contribution in [3.8, 4) is 5.75 Å². The maximum absolute atomic E-state index is 13.2. The van der Waals surface area contributed by atoms with Crippen molar-refractivity contribution in [2.24, 2.45) is 0 Å². The van der Waals surface area contributed by atoms with Gasteiger partial charge in [0, 0.05) is 19.0 Å². The molecule has 19 heavy (non-hydrogen) atoms. The highest BCUT2D eigenvalue weighted by molar-refractivity contribution is 5.76. The predicted octanol–water partition coefficient (Wildman–Crippen LogP) is 1.46. The van der Waals surface area contributed by atoms with Crippen LogP contribution in [0, 0.1) is 5.82 Å². The Kier molecular flexibility index (Phi) is 5.15. The summed E-state index contributed by atoms with van der Waals surface area (Å²) in [4.78, 5) is 11.6. The Hall–Kier alpha value is -1.62. The Balaban J connectivity index is 1.61. The van der Waals surface area contributed by atoms with E-state index >= 15 is 0 Å². The second-order valence-electron chi connectivity index (χ2n) is 4.64. The van der Waals surface area contributed by atoms with E-state index in [0.29, 0.717) is 19.4 Å². The number of nitrogens with one attached hydrogen (secondary N) is 2. The normalized spacial score (nSPS) is 18.3. The van der Waals surface area contributed by atoms with Crippen LogP contribution in [0.1, 0.15) is 19.3 Å². The Morgan fingerprint density at radius 2 is 2.32 bits per heavy atom. The van der Waals surface area contributed by atoms with Gasteiger partial charge in [-0.2, -0.15) is 0 Å². The molecule has 1 aromatic carbocycles. The van der Waals surface area contributed by atoms with E-state index in [1.807, 2.05) is 0 Å². The minimum atomic E-state index is -0.371. The molecule has 1 aliphatic heterocycles. The van der Waals surface area contributed by atoms with Crippen LogP contribution >= 0.6 is 0 Å². The first kappa shape index (κ1) is 13.8. The van der Waals surface area contributed by atoms with Crippen molar-refractivity contribution in [3.05, 3.63) is 30.1 Å². The maximum Gasteiger partial charge on any atom is 0.220 e. The minimum Gasteiger partial charge on any atom is -0.491 e. The molecule has 1 saturated heterocycles. The maximum atomic E-state index is 13.2. The van der Waals surface area contributed by atoms with E-state index in [4.69, 9.17) is 4.74 Å². The fourth-order valence-corrected chi connectivity index (χ4v) is 2.05. The monoisotopic (exact) mass is 266 g/mol. The Labute approximate surface area is 112 Å². The van der Waals surface area contributed by atoms with Gasteiger partial charge in [-0.05, 0) is 31.5 Å². The van der Waals surface area contributed by atoms with Crippen molar-refractivity contribution in [1.29, 1.82) is 0 Å². The first-order valence-electron chi connectivity index (χ1n) is 6.63. The lowest BCUT2D eigenvalue weighted by molar-refractivity contribution is -0.121. The van der Waals surface area contributed by atoms with Gasteiger partial charge in [-0.25, -0.2) is 4.39 Å². The summed E-state index contributed by atoms with van der Waals surface area (Å²) in [6.45, 7) is 2.15. The van der Waals surface area contributed by atoms with Crippen molar-refractivity contribution in [2.75, 3.05) is 19.7 Å². The number of ether oxygens (including phenoxy) is 1. The molecule has 0 radical (unpaired) electrons. The van der Waals surface area contributed by atoms with E-state index in [1.165, 1.54) is 6.07 Å². The highest BCUT2D eigenvalue weighted by Gasteiger charge is 2.16. The van der Waals surface area contributed by atoms with E-state index in [1.54, 1.807) is 18.2 Å². The van der Waals surface area contributed by atoms with Crippen LogP contribution < -0.4 is 15.4 Å². The zero-order chi connectivity index (χ0) is 13.5. The Bertz CT molecular complexity index is 420. The summed E-state index contributed by atoms with van der Waals surface area (Å²) in [6, 6.07) is 6.53. The summed E-state index contributed by atoms with van der Waals surface area (Å²) in [7, 11) is 0. The van der Waals surface area contributed by atoms with Gasteiger partial charge in [0.25, 0.3) is 0 Å². The van der Waals surface area contributed by atoms with Gasteiger partial charge in [-0.3, -0.25) is 4.79 Å². The number of rotatable bonds is 6. The number of carbonyl (C=O) groups excluding carboxylic acids is 1. The number of halogens is 1. The molecule has 5 heteroatoms. The van der Waals surface area contributed by atoms with Gasteiger partial charge < -0.3 is 15.4 Å². The molecular weight excluding hydrogens is 247 g/mol. The molecule has 1 aliphatic rings. The van der Waals surface area contributed by atoms with E-state index in [2.05, 4.69) is 10.6 Å². The topological polar surface area (TPSA) is 50.4 Å². The predicted molar refractivity (Wildman–Crippen MR) is 70.5 cm³/mol. The summed E-state index contributed by atoms with van der Waals surface area (Å²) in [5.74, 6) is -0.0993. The molecule has 1 unspecified atom stereocenters. The first-order chi connectivity index (χ1) is 9.25. The van der Waals surface area contributed by atoms with Crippen molar-refractivity contribution >= 4 is 5.91 Å². The summed E-state index contributed by atoms with van der Waals surface area (Å²) in [6.07, 6.45) is 1.97. The van der Waals surface area contributed by atoms with Gasteiger partial charge >= 0.3 is 0 Å². The summed E-state index contributed by atoms with van der Waals surface area (Å²) in [5.41, 5.74) is 0. The molecule has 1 atom stereocenters. The Morgan fingerprint density at radius 1 is 1.47 bits per heavy atom. The van der Waals surface area contributed by atoms with Gasteiger partial charge in [0.05, 0.1) is 6.61 Å². The highest BCUT2D eigenvalue weighted by atomic mass is 19.1. The smallest absolute Gasteiger partial charge is 0.220 e. The molecular formula is C14H19FN2O2. The molecule has 1 heterocycles. The standard InChI is InChI=1S/C14H19FN2O2/c15-12-4-1-2-5-13(12)19-9-3-6-14(18)17-11-7-8-16-10-11/h1-2,4-5,11,16H,3,6-10H2,(H,17,18). The molecule has 0 spiro atoms. The van der Waals surface area contributed by atoms with Crippen LogP contribution in [0.4, 0.5) is 4.39 Å². The van der Waals surface area contributed by atoms with Gasteiger partial charge in [0.1, 0.15) is 0 Å². The lowest BCUT2D eigenvalue weighted by Gasteiger charge is -2.11. The number of amides is 1. The van der Waals surface area contributed by atoms with Crippen LogP contribution in [0.5, 0.6) is 5.75 Å². The van der Waals surface area contributed by atoms with Crippen molar-refractivity contribution in [3.63, 3.8) is 0 Å². The zero-order valence-electron chi connectivity index (χ0n) is 10.8. The molecule has 4 nitrogen and oxygen atoms in total. The fourth-order valence-electron chi connectivity index (χ4n) is 2.05. The zero-order valence-corrected chi connectivity index (χ0v) is 10.8. The van der Waals surface area contributed by atoms with Gasteiger partial charge in [0.15, 0.2) is 11.6 Å². The quantitative estimate of drug-likeness (QED) is 0.766. The van der Waals surface area contributed by atoms with Crippen molar-refractivity contribution in [1.82, 2.24) is 10.6 Å². The summed E-state index contributed by atoms with van der Waals surface area (Å²) < 4.78 is 18.5. The average Bonchev–Trinajstić information content (AvgIpc) is 2.89. The summed E-state index contributed by atoms with van der Waals surface area (Å²) >= 11 is 0. The van der Waals surface area contributed by atoms with Crippen LogP contribution in [0.15, 0.2) is 24.3 Å². The third-order valence-corrected chi connectivity index (χ3v) is 3.07. The van der Waals surface area contributed by atoms with Crippen LogP contribution in [0.2, 0.25) is 0 Å². The number of hydrogen-bond donors (Lipinski definition) is 2. The lowest BCUT2D eigenvalue weighted by atomic mass is 10.2. The molecule has 104 valence electrons. The average molecular weight is 266 g/mol. The molecule has 1 aromatic rings. The lowest BCUT2D eigenvalue weighted by Crippen LogP contribution is -2.36. The van der Waals surface area contributed by atoms with Gasteiger partial charge in [0.2, 0.25) is 5.91 Å². The number of hydrogen-bond acceptors (Lipinski definition) is 3. The Morgan fingerprint density at radius 3 is 3.05 bits per heavy atom. The number of benzene rings is 1. The molecule has 0 saturated carbocycles. The van der Waals surface area contributed by atoms with Crippen molar-refractivity contribution in [2.45, 2.75) is 25.3 Å². The van der Waals surface area contributed by atoms with Crippen molar-refractivity contribution < 1.29 is 13.9 Å². The molecule has 1 amide bonds. The molecule has 0 bridgehead atoms. The second kappa shape index (κ2) is 7.09. The van der Waals surface area contributed by atoms with Crippen LogP contribution in [0.25, 0.3) is 0 Å². The van der Waals surface area contributed by atoms with E-state index in [0.717, 1.165) is 19.5 Å². The molecule has 0 aromatic heterocycles. The van der Waals surface area contributed by atoms with Crippen LogP contribution in [-0.4, -0.2) is 31.6 Å². The SMILES string of the molecule is O=C(CCCOc1ccccc1F)NC1CCNC1. The second-order valence-corrected chi connectivity index (χ2v) is 4.64. The molecule has 2 N–H and O–H groups in total. The number of para-hydroxylation sites is 1.